The summed E-state index contributed by atoms with van der Waals surface area (Å²) in [6.45, 7) is 11.4. The molecule has 0 amide bonds. The Labute approximate surface area is 77.3 Å². The van der Waals surface area contributed by atoms with Gasteiger partial charge in [-0.05, 0) is 40.4 Å². The number of rotatable bonds is 6. The van der Waals surface area contributed by atoms with Crippen molar-refractivity contribution in [2.45, 2.75) is 46.2 Å². The molecule has 2 atom stereocenters. The molecule has 0 saturated carbocycles. The maximum Gasteiger partial charge on any atom is 0.0218 e. The number of hydrogen-bond acceptors (Lipinski definition) is 2. The summed E-state index contributed by atoms with van der Waals surface area (Å²) in [4.78, 5) is 2.52. The van der Waals surface area contributed by atoms with Gasteiger partial charge in [0.1, 0.15) is 0 Å². The molecule has 0 aliphatic carbocycles. The molecule has 0 heterocycles. The summed E-state index contributed by atoms with van der Waals surface area (Å²) < 4.78 is 0. The van der Waals surface area contributed by atoms with Gasteiger partial charge in [-0.25, -0.2) is 0 Å². The summed E-state index contributed by atoms with van der Waals surface area (Å²) >= 11 is 0. The highest BCUT2D eigenvalue weighted by Gasteiger charge is 2.15. The first kappa shape index (κ1) is 11.9. The first-order chi connectivity index (χ1) is 5.67. The van der Waals surface area contributed by atoms with Crippen LogP contribution in [0, 0.1) is 0 Å². The van der Waals surface area contributed by atoms with Gasteiger partial charge in [-0.3, -0.25) is 4.90 Å². The molecular formula is C10H24N2. The van der Waals surface area contributed by atoms with Gasteiger partial charge in [0.25, 0.3) is 0 Å². The van der Waals surface area contributed by atoms with E-state index in [2.05, 4.69) is 37.9 Å². The maximum absolute atomic E-state index is 3.30. The van der Waals surface area contributed by atoms with Gasteiger partial charge in [0.05, 0.1) is 0 Å². The summed E-state index contributed by atoms with van der Waals surface area (Å²) in [5.41, 5.74) is 0. The summed E-state index contributed by atoms with van der Waals surface area (Å²) in [5.74, 6) is 0. The third-order valence-corrected chi connectivity index (χ3v) is 2.67. The summed E-state index contributed by atoms with van der Waals surface area (Å²) in [6.07, 6.45) is 1.24. The quantitative estimate of drug-likeness (QED) is 0.656. The van der Waals surface area contributed by atoms with Crippen molar-refractivity contribution >= 4 is 0 Å². The fourth-order valence-electron chi connectivity index (χ4n) is 1.49. The zero-order chi connectivity index (χ0) is 9.56. The molecule has 0 rings (SSSR count). The van der Waals surface area contributed by atoms with Gasteiger partial charge in [0, 0.05) is 12.1 Å². The van der Waals surface area contributed by atoms with E-state index in [9.17, 15) is 0 Å². The average molecular weight is 172 g/mol. The summed E-state index contributed by atoms with van der Waals surface area (Å²) in [7, 11) is 2.03. The number of likely N-dealkylation sites (N-methyl/N-ethyl adjacent to an activating group) is 2. The second kappa shape index (κ2) is 6.44. The Morgan fingerprint density at radius 1 is 1.25 bits per heavy atom. The van der Waals surface area contributed by atoms with Crippen molar-refractivity contribution in [3.8, 4) is 0 Å². The van der Waals surface area contributed by atoms with Crippen molar-refractivity contribution in [2.75, 3.05) is 20.1 Å². The van der Waals surface area contributed by atoms with Crippen molar-refractivity contribution in [1.29, 1.82) is 0 Å². The van der Waals surface area contributed by atoms with E-state index in [1.807, 2.05) is 7.05 Å². The van der Waals surface area contributed by atoms with Crippen LogP contribution in [0.2, 0.25) is 0 Å². The van der Waals surface area contributed by atoms with Crippen molar-refractivity contribution in [3.05, 3.63) is 0 Å². The van der Waals surface area contributed by atoms with Crippen LogP contribution in [0.15, 0.2) is 0 Å². The predicted molar refractivity (Wildman–Crippen MR) is 55.5 cm³/mol. The minimum absolute atomic E-state index is 0.580. The lowest BCUT2D eigenvalue weighted by molar-refractivity contribution is 0.187. The first-order valence-electron chi connectivity index (χ1n) is 5.08. The minimum Gasteiger partial charge on any atom is -0.316 e. The standard InChI is InChI=1S/C10H24N2/c1-6-8-12(7-2)10(4)9(3)11-5/h9-11H,6-8H2,1-5H3. The molecule has 0 spiro atoms. The van der Waals surface area contributed by atoms with E-state index in [1.165, 1.54) is 13.0 Å². The molecule has 0 aromatic rings. The lowest BCUT2D eigenvalue weighted by Crippen LogP contribution is -2.45. The normalized spacial score (nSPS) is 16.5. The number of nitrogens with one attached hydrogen (secondary N) is 1. The van der Waals surface area contributed by atoms with Crippen molar-refractivity contribution in [1.82, 2.24) is 10.2 Å². The van der Waals surface area contributed by atoms with Crippen LogP contribution < -0.4 is 5.32 Å². The topological polar surface area (TPSA) is 15.3 Å². The van der Waals surface area contributed by atoms with Gasteiger partial charge in [-0.15, -0.1) is 0 Å². The van der Waals surface area contributed by atoms with Gasteiger partial charge >= 0.3 is 0 Å². The molecule has 0 aromatic heterocycles. The molecule has 0 radical (unpaired) electrons. The largest absolute Gasteiger partial charge is 0.316 e. The number of nitrogens with zero attached hydrogens (tertiary/aromatic N) is 1. The van der Waals surface area contributed by atoms with E-state index in [0.717, 1.165) is 6.54 Å². The second-order valence-corrected chi connectivity index (χ2v) is 3.45. The predicted octanol–water partition coefficient (Wildman–Crippen LogP) is 1.71. The van der Waals surface area contributed by atoms with Crippen LogP contribution in [0.25, 0.3) is 0 Å². The highest BCUT2D eigenvalue weighted by molar-refractivity contribution is 4.75. The Balaban J connectivity index is 3.91. The van der Waals surface area contributed by atoms with E-state index in [0.29, 0.717) is 12.1 Å². The first-order valence-corrected chi connectivity index (χ1v) is 5.08. The molecule has 74 valence electrons. The molecule has 2 unspecified atom stereocenters. The van der Waals surface area contributed by atoms with Crippen molar-refractivity contribution in [3.63, 3.8) is 0 Å². The molecule has 0 saturated heterocycles. The molecule has 12 heavy (non-hydrogen) atoms. The van der Waals surface area contributed by atoms with Crippen LogP contribution in [-0.4, -0.2) is 37.1 Å². The van der Waals surface area contributed by atoms with Gasteiger partial charge < -0.3 is 5.32 Å². The molecule has 0 aliphatic heterocycles. The van der Waals surface area contributed by atoms with Crippen molar-refractivity contribution in [2.24, 2.45) is 0 Å². The summed E-state index contributed by atoms with van der Waals surface area (Å²) in [5, 5.41) is 3.30. The highest BCUT2D eigenvalue weighted by Crippen LogP contribution is 2.04. The fraction of sp³-hybridized carbons (Fsp3) is 1.00. The Morgan fingerprint density at radius 2 is 1.83 bits per heavy atom. The SMILES string of the molecule is CCCN(CC)C(C)C(C)NC. The van der Waals surface area contributed by atoms with Crippen molar-refractivity contribution < 1.29 is 0 Å². The Morgan fingerprint density at radius 3 is 2.17 bits per heavy atom. The average Bonchev–Trinajstić information content (AvgIpc) is 2.11. The molecule has 1 N–H and O–H groups in total. The highest BCUT2D eigenvalue weighted by atomic mass is 15.2. The Bertz CT molecular complexity index is 104. The van der Waals surface area contributed by atoms with E-state index < -0.39 is 0 Å². The second-order valence-electron chi connectivity index (χ2n) is 3.45. The van der Waals surface area contributed by atoms with Crippen LogP contribution in [0.4, 0.5) is 0 Å². The fourth-order valence-corrected chi connectivity index (χ4v) is 1.49. The van der Waals surface area contributed by atoms with E-state index >= 15 is 0 Å². The van der Waals surface area contributed by atoms with Crippen LogP contribution in [0.3, 0.4) is 0 Å². The Kier molecular flexibility index (Phi) is 6.39. The third-order valence-electron chi connectivity index (χ3n) is 2.67. The van der Waals surface area contributed by atoms with Crippen LogP contribution in [0.1, 0.15) is 34.1 Å². The van der Waals surface area contributed by atoms with Crippen LogP contribution in [0.5, 0.6) is 0 Å². The molecule has 0 aliphatic rings. The molecule has 0 bridgehead atoms. The van der Waals surface area contributed by atoms with Gasteiger partial charge in [-0.2, -0.15) is 0 Å². The lowest BCUT2D eigenvalue weighted by Gasteiger charge is -2.31. The molecule has 2 heteroatoms. The number of hydrogen-bond donors (Lipinski definition) is 1. The third kappa shape index (κ3) is 3.55. The Hall–Kier alpha value is -0.0800. The zero-order valence-corrected chi connectivity index (χ0v) is 9.22. The van der Waals surface area contributed by atoms with E-state index in [4.69, 9.17) is 0 Å². The van der Waals surface area contributed by atoms with Gasteiger partial charge in [0.15, 0.2) is 0 Å². The van der Waals surface area contributed by atoms with Gasteiger partial charge in [-0.1, -0.05) is 13.8 Å². The molecular weight excluding hydrogens is 148 g/mol. The zero-order valence-electron chi connectivity index (χ0n) is 9.22. The maximum atomic E-state index is 3.30. The smallest absolute Gasteiger partial charge is 0.0218 e. The molecule has 0 aromatic carbocycles. The van der Waals surface area contributed by atoms with E-state index in [1.54, 1.807) is 0 Å². The monoisotopic (exact) mass is 172 g/mol. The molecule has 0 fully saturated rings. The lowest BCUT2D eigenvalue weighted by atomic mass is 10.1. The summed E-state index contributed by atoms with van der Waals surface area (Å²) in [6, 6.07) is 1.22. The van der Waals surface area contributed by atoms with Crippen LogP contribution >= 0.6 is 0 Å². The van der Waals surface area contributed by atoms with Gasteiger partial charge in [0.2, 0.25) is 0 Å². The van der Waals surface area contributed by atoms with Crippen LogP contribution in [-0.2, 0) is 0 Å². The molecule has 2 nitrogen and oxygen atoms in total. The minimum atomic E-state index is 0.580. The van der Waals surface area contributed by atoms with E-state index in [-0.39, 0.29) is 0 Å².